The Hall–Kier alpha value is -0.560. The summed E-state index contributed by atoms with van der Waals surface area (Å²) >= 11 is 0. The van der Waals surface area contributed by atoms with E-state index < -0.39 is 0 Å². The van der Waals surface area contributed by atoms with Crippen LogP contribution in [0.1, 0.15) is 20.3 Å². The number of allylic oxidation sites excluding steroid dienone is 3. The average molecular weight is 123 g/mol. The highest BCUT2D eigenvalue weighted by atomic mass is 16.3. The van der Waals surface area contributed by atoms with E-state index in [1.807, 2.05) is 6.92 Å². The first-order valence-corrected chi connectivity index (χ1v) is 3.18. The van der Waals surface area contributed by atoms with Crippen molar-refractivity contribution in [3.8, 4) is 0 Å². The van der Waals surface area contributed by atoms with Crippen molar-refractivity contribution in [2.75, 3.05) is 6.61 Å². The first kappa shape index (κ1) is 6.56. The minimum atomic E-state index is -0.0281. The third kappa shape index (κ3) is 1.22. The first-order chi connectivity index (χ1) is 4.24. The molecular formula is C8H11O. The van der Waals surface area contributed by atoms with Crippen molar-refractivity contribution >= 4 is 0 Å². The Kier molecular flexibility index (Phi) is 1.72. The minimum Gasteiger partial charge on any atom is -0.232 e. The molecule has 1 radical (unpaired) electrons. The lowest BCUT2D eigenvalue weighted by Gasteiger charge is -1.94. The van der Waals surface area contributed by atoms with E-state index in [2.05, 4.69) is 13.0 Å². The van der Waals surface area contributed by atoms with Crippen LogP contribution >= 0.6 is 0 Å². The Morgan fingerprint density at radius 1 is 1.56 bits per heavy atom. The number of hydrogen-bond acceptors (Lipinski definition) is 0. The van der Waals surface area contributed by atoms with Gasteiger partial charge in [-0.25, -0.2) is 5.11 Å². The molecule has 0 heterocycles. The van der Waals surface area contributed by atoms with Crippen LogP contribution in [0.2, 0.25) is 0 Å². The molecule has 0 atom stereocenters. The maximum absolute atomic E-state index is 10.4. The zero-order chi connectivity index (χ0) is 6.85. The summed E-state index contributed by atoms with van der Waals surface area (Å²) in [6, 6.07) is 0. The molecule has 1 rings (SSSR count). The van der Waals surface area contributed by atoms with Crippen molar-refractivity contribution in [1.29, 1.82) is 0 Å². The third-order valence-corrected chi connectivity index (χ3v) is 1.69. The van der Waals surface area contributed by atoms with Crippen molar-refractivity contribution in [1.82, 2.24) is 0 Å². The molecule has 1 heteroatoms. The summed E-state index contributed by atoms with van der Waals surface area (Å²) in [6.45, 7) is 4.04. The quantitative estimate of drug-likeness (QED) is 0.508. The summed E-state index contributed by atoms with van der Waals surface area (Å²) in [5.41, 5.74) is 3.56. The fourth-order valence-electron chi connectivity index (χ4n) is 1.16. The van der Waals surface area contributed by atoms with Gasteiger partial charge >= 0.3 is 0 Å². The molecule has 1 aliphatic carbocycles. The van der Waals surface area contributed by atoms with Crippen molar-refractivity contribution in [3.05, 3.63) is 22.8 Å². The number of rotatable bonds is 1. The lowest BCUT2D eigenvalue weighted by Crippen LogP contribution is -1.86. The largest absolute Gasteiger partial charge is 0.232 e. The molecule has 0 bridgehead atoms. The minimum absolute atomic E-state index is 0.0281. The topological polar surface area (TPSA) is 19.9 Å². The van der Waals surface area contributed by atoms with Gasteiger partial charge in [-0.05, 0) is 31.4 Å². The molecule has 1 nitrogen and oxygen atoms in total. The molecule has 0 unspecified atom stereocenters. The van der Waals surface area contributed by atoms with Gasteiger partial charge in [-0.2, -0.15) is 0 Å². The van der Waals surface area contributed by atoms with Gasteiger partial charge in [0.25, 0.3) is 0 Å². The van der Waals surface area contributed by atoms with Crippen molar-refractivity contribution < 1.29 is 5.11 Å². The van der Waals surface area contributed by atoms with E-state index in [0.29, 0.717) is 0 Å². The molecule has 0 aromatic heterocycles. The van der Waals surface area contributed by atoms with Gasteiger partial charge in [0.15, 0.2) is 0 Å². The highest BCUT2D eigenvalue weighted by Gasteiger charge is 2.07. The predicted octanol–water partition coefficient (Wildman–Crippen LogP) is 2.08. The normalized spacial score (nSPS) is 18.8. The van der Waals surface area contributed by atoms with Gasteiger partial charge in [0.2, 0.25) is 0 Å². The molecule has 0 saturated heterocycles. The maximum Gasteiger partial charge on any atom is 0.104 e. The molecule has 9 heavy (non-hydrogen) atoms. The van der Waals surface area contributed by atoms with Crippen molar-refractivity contribution in [2.24, 2.45) is 0 Å². The van der Waals surface area contributed by atoms with E-state index in [1.165, 1.54) is 11.1 Å². The summed E-state index contributed by atoms with van der Waals surface area (Å²) in [4.78, 5) is 0. The molecule has 0 saturated carbocycles. The molecule has 0 aliphatic heterocycles. The second-order valence-electron chi connectivity index (χ2n) is 2.60. The Labute approximate surface area is 55.7 Å². The Morgan fingerprint density at radius 2 is 2.22 bits per heavy atom. The summed E-state index contributed by atoms with van der Waals surface area (Å²) in [6.07, 6.45) is 3.00. The fraction of sp³-hybridized carbons (Fsp3) is 0.500. The SMILES string of the molecule is CC1=CC(C)=C(C[O])C1. The van der Waals surface area contributed by atoms with Gasteiger partial charge < -0.3 is 0 Å². The van der Waals surface area contributed by atoms with Crippen LogP contribution in [0.15, 0.2) is 22.8 Å². The van der Waals surface area contributed by atoms with Gasteiger partial charge in [-0.15, -0.1) is 0 Å². The fourth-order valence-corrected chi connectivity index (χ4v) is 1.16. The second-order valence-corrected chi connectivity index (χ2v) is 2.60. The van der Waals surface area contributed by atoms with Crippen LogP contribution in [0.25, 0.3) is 0 Å². The monoisotopic (exact) mass is 123 g/mol. The van der Waals surface area contributed by atoms with E-state index >= 15 is 0 Å². The molecule has 0 N–H and O–H groups in total. The van der Waals surface area contributed by atoms with E-state index in [9.17, 15) is 5.11 Å². The van der Waals surface area contributed by atoms with Crippen LogP contribution in [0.5, 0.6) is 0 Å². The molecule has 0 amide bonds. The molecule has 0 spiro atoms. The Balaban J connectivity index is 2.72. The maximum atomic E-state index is 10.4. The Morgan fingerprint density at radius 3 is 2.44 bits per heavy atom. The molecule has 0 fully saturated rings. The van der Waals surface area contributed by atoms with E-state index in [0.717, 1.165) is 12.0 Å². The predicted molar refractivity (Wildman–Crippen MR) is 36.6 cm³/mol. The van der Waals surface area contributed by atoms with E-state index in [1.54, 1.807) is 0 Å². The van der Waals surface area contributed by atoms with Gasteiger partial charge in [0.1, 0.15) is 6.61 Å². The second kappa shape index (κ2) is 2.36. The third-order valence-electron chi connectivity index (χ3n) is 1.69. The van der Waals surface area contributed by atoms with Gasteiger partial charge in [0.05, 0.1) is 0 Å². The van der Waals surface area contributed by atoms with Gasteiger partial charge in [-0.3, -0.25) is 0 Å². The van der Waals surface area contributed by atoms with E-state index in [-0.39, 0.29) is 6.61 Å². The van der Waals surface area contributed by atoms with Crippen molar-refractivity contribution in [3.63, 3.8) is 0 Å². The van der Waals surface area contributed by atoms with Crippen LogP contribution in [-0.4, -0.2) is 6.61 Å². The van der Waals surface area contributed by atoms with E-state index in [4.69, 9.17) is 0 Å². The molecule has 49 valence electrons. The first-order valence-electron chi connectivity index (χ1n) is 3.18. The average Bonchev–Trinajstić information content (AvgIpc) is 2.10. The molecule has 0 aromatic carbocycles. The van der Waals surface area contributed by atoms with Gasteiger partial charge in [-0.1, -0.05) is 11.6 Å². The van der Waals surface area contributed by atoms with Crippen LogP contribution < -0.4 is 0 Å². The zero-order valence-corrected chi connectivity index (χ0v) is 5.90. The van der Waals surface area contributed by atoms with Crippen LogP contribution in [0.3, 0.4) is 0 Å². The smallest absolute Gasteiger partial charge is 0.104 e. The summed E-state index contributed by atoms with van der Waals surface area (Å²) < 4.78 is 0. The summed E-state index contributed by atoms with van der Waals surface area (Å²) in [5.74, 6) is 0. The molecular weight excluding hydrogens is 112 g/mol. The highest BCUT2D eigenvalue weighted by Crippen LogP contribution is 2.23. The standard InChI is InChI=1S/C8H11O/c1-6-3-7(2)8(4-6)5-9/h3H,4-5H2,1-2H3. The lowest BCUT2D eigenvalue weighted by atomic mass is 10.1. The van der Waals surface area contributed by atoms with Gasteiger partial charge in [0, 0.05) is 0 Å². The Bertz CT molecular complexity index is 175. The van der Waals surface area contributed by atoms with Crippen LogP contribution in [0.4, 0.5) is 0 Å². The van der Waals surface area contributed by atoms with Crippen LogP contribution in [0, 0.1) is 0 Å². The molecule has 1 aliphatic rings. The lowest BCUT2D eigenvalue weighted by molar-refractivity contribution is 0.221. The summed E-state index contributed by atoms with van der Waals surface area (Å²) in [5, 5.41) is 10.4. The van der Waals surface area contributed by atoms with Crippen LogP contribution in [-0.2, 0) is 5.11 Å². The number of hydrogen-bond donors (Lipinski definition) is 0. The zero-order valence-electron chi connectivity index (χ0n) is 5.90. The molecule has 0 aromatic rings. The van der Waals surface area contributed by atoms with Crippen molar-refractivity contribution in [2.45, 2.75) is 20.3 Å². The highest BCUT2D eigenvalue weighted by molar-refractivity contribution is 5.36. The summed E-state index contributed by atoms with van der Waals surface area (Å²) in [7, 11) is 0.